The number of amides is 1. The predicted octanol–water partition coefficient (Wildman–Crippen LogP) is 3.65. The molecule has 1 fully saturated rings. The fourth-order valence-corrected chi connectivity index (χ4v) is 4.67. The molecule has 3 aliphatic heterocycles. The Labute approximate surface area is 187 Å². The van der Waals surface area contributed by atoms with Gasteiger partial charge in [0, 0.05) is 43.0 Å². The molecule has 1 saturated heterocycles. The normalized spacial score (nSPS) is 25.0. The van der Waals surface area contributed by atoms with Crippen LogP contribution < -0.4 is 5.32 Å². The third kappa shape index (κ3) is 4.12. The minimum Gasteiger partial charge on any atom is -0.348 e. The average molecular weight is 435 g/mol. The second-order valence-electron chi connectivity index (χ2n) is 8.49. The Morgan fingerprint density at radius 3 is 2.97 bits per heavy atom. The van der Waals surface area contributed by atoms with Crippen molar-refractivity contribution >= 4 is 35.9 Å². The molecule has 0 saturated carbocycles. The van der Waals surface area contributed by atoms with Gasteiger partial charge >= 0.3 is 0 Å². The maximum absolute atomic E-state index is 15.3. The summed E-state index contributed by atoms with van der Waals surface area (Å²) >= 11 is 0. The molecular formula is C25H27FN4O2. The first-order valence-corrected chi connectivity index (χ1v) is 10.9. The van der Waals surface area contributed by atoms with E-state index >= 15 is 4.39 Å². The summed E-state index contributed by atoms with van der Waals surface area (Å²) in [4.78, 5) is 34.4. The number of rotatable bonds is 7. The van der Waals surface area contributed by atoms with Crippen LogP contribution in [-0.2, 0) is 11.3 Å². The molecule has 3 aliphatic rings. The van der Waals surface area contributed by atoms with Crippen molar-refractivity contribution in [2.45, 2.75) is 38.4 Å². The van der Waals surface area contributed by atoms with E-state index in [2.05, 4.69) is 33.4 Å². The molecule has 3 heterocycles. The van der Waals surface area contributed by atoms with Gasteiger partial charge in [0.15, 0.2) is 5.82 Å². The number of aliphatic imine (C=N–C) groups is 2. The number of hydrogen-bond acceptors (Lipinski definition) is 5. The molecule has 0 spiro atoms. The molecule has 6 nitrogen and oxygen atoms in total. The summed E-state index contributed by atoms with van der Waals surface area (Å²) in [6.07, 6.45) is 9.91. The number of fused-ring (bicyclic) bond motifs is 1. The lowest BCUT2D eigenvalue weighted by atomic mass is 9.89. The minimum absolute atomic E-state index is 0.0183. The zero-order valence-electron chi connectivity index (χ0n) is 18.2. The molecule has 7 heteroatoms. The highest BCUT2D eigenvalue weighted by atomic mass is 19.1. The molecule has 1 N–H and O–H groups in total. The standard InChI is InChI=1S/C25H27FN4O2/c1-4-22-17(6-5-7-30(22)13-15(2)14-31)10-28-21-9-19(18-8-16(3)27-11-18)23-20(24(21)26)12-29-25(23)32/h4,8-11,14,16-17,22H,1-2,5-7,12-13H2,3H3,(H,29,32)/t16?,17-,22+/m1/s1. The van der Waals surface area contributed by atoms with Crippen molar-refractivity contribution in [1.82, 2.24) is 10.2 Å². The van der Waals surface area contributed by atoms with Gasteiger partial charge in [-0.1, -0.05) is 18.7 Å². The molecule has 3 atom stereocenters. The Morgan fingerprint density at radius 1 is 1.47 bits per heavy atom. The number of piperidine rings is 1. The predicted molar refractivity (Wildman–Crippen MR) is 125 cm³/mol. The first-order valence-electron chi connectivity index (χ1n) is 10.9. The zero-order valence-corrected chi connectivity index (χ0v) is 18.2. The van der Waals surface area contributed by atoms with Crippen LogP contribution in [0, 0.1) is 11.7 Å². The molecule has 1 unspecified atom stereocenters. The van der Waals surface area contributed by atoms with Crippen LogP contribution in [0.2, 0.25) is 0 Å². The van der Waals surface area contributed by atoms with Crippen LogP contribution in [0.25, 0.3) is 5.57 Å². The van der Waals surface area contributed by atoms with Crippen LogP contribution in [0.1, 0.15) is 41.3 Å². The highest BCUT2D eigenvalue weighted by molar-refractivity contribution is 6.17. The average Bonchev–Trinajstić information content (AvgIpc) is 3.39. The fourth-order valence-electron chi connectivity index (χ4n) is 4.67. The van der Waals surface area contributed by atoms with E-state index in [0.29, 0.717) is 28.8 Å². The van der Waals surface area contributed by atoms with Gasteiger partial charge in [-0.3, -0.25) is 24.5 Å². The van der Waals surface area contributed by atoms with E-state index in [-0.39, 0.29) is 36.1 Å². The van der Waals surface area contributed by atoms with E-state index in [4.69, 9.17) is 0 Å². The van der Waals surface area contributed by atoms with Crippen molar-refractivity contribution in [3.05, 3.63) is 59.5 Å². The number of likely N-dealkylation sites (tertiary alicyclic amines) is 1. The molecule has 1 aromatic rings. The molecule has 1 amide bonds. The number of aldehydes is 1. The second kappa shape index (κ2) is 9.12. The van der Waals surface area contributed by atoms with Crippen molar-refractivity contribution in [2.24, 2.45) is 15.9 Å². The van der Waals surface area contributed by atoms with Crippen LogP contribution >= 0.6 is 0 Å². The number of benzene rings is 1. The van der Waals surface area contributed by atoms with Crippen LogP contribution in [0.3, 0.4) is 0 Å². The lowest BCUT2D eigenvalue weighted by Gasteiger charge is -2.38. The highest BCUT2D eigenvalue weighted by Gasteiger charge is 2.31. The summed E-state index contributed by atoms with van der Waals surface area (Å²) in [5.41, 5.74) is 2.91. The van der Waals surface area contributed by atoms with Crippen LogP contribution in [0.5, 0.6) is 0 Å². The van der Waals surface area contributed by atoms with Gasteiger partial charge in [0.2, 0.25) is 0 Å². The molecule has 4 rings (SSSR count). The third-order valence-electron chi connectivity index (χ3n) is 6.24. The number of carbonyl (C=O) groups excluding carboxylic acids is 2. The van der Waals surface area contributed by atoms with Crippen LogP contribution in [0.15, 0.2) is 46.9 Å². The monoisotopic (exact) mass is 434 g/mol. The summed E-state index contributed by atoms with van der Waals surface area (Å²) in [6.45, 7) is 11.2. The quantitative estimate of drug-likeness (QED) is 0.308. The number of halogens is 1. The van der Waals surface area contributed by atoms with E-state index in [1.807, 2.05) is 19.1 Å². The molecule has 32 heavy (non-hydrogen) atoms. The van der Waals surface area contributed by atoms with Gasteiger partial charge in [-0.05, 0) is 49.1 Å². The van der Waals surface area contributed by atoms with Crippen molar-refractivity contribution in [2.75, 3.05) is 13.1 Å². The smallest absolute Gasteiger partial charge is 0.252 e. The molecule has 0 bridgehead atoms. The van der Waals surface area contributed by atoms with E-state index in [9.17, 15) is 9.59 Å². The van der Waals surface area contributed by atoms with Gasteiger partial charge < -0.3 is 5.32 Å². The minimum atomic E-state index is -0.473. The Balaban J connectivity index is 1.67. The lowest BCUT2D eigenvalue weighted by Crippen LogP contribution is -2.45. The van der Waals surface area contributed by atoms with Crippen molar-refractivity contribution in [1.29, 1.82) is 0 Å². The number of allylic oxidation sites excluding steroid dienone is 1. The zero-order chi connectivity index (χ0) is 22.8. The van der Waals surface area contributed by atoms with Crippen molar-refractivity contribution < 1.29 is 14.0 Å². The molecule has 0 aromatic heterocycles. The van der Waals surface area contributed by atoms with E-state index in [1.54, 1.807) is 18.5 Å². The fraction of sp³-hybridized carbons (Fsp3) is 0.360. The number of nitrogens with one attached hydrogen (secondary N) is 1. The van der Waals surface area contributed by atoms with Crippen LogP contribution in [-0.4, -0.2) is 54.7 Å². The molecule has 0 radical (unpaired) electrons. The molecular weight excluding hydrogens is 407 g/mol. The highest BCUT2D eigenvalue weighted by Crippen LogP contribution is 2.35. The van der Waals surface area contributed by atoms with Gasteiger partial charge in [-0.2, -0.15) is 0 Å². The van der Waals surface area contributed by atoms with Crippen molar-refractivity contribution in [3.8, 4) is 0 Å². The Morgan fingerprint density at radius 2 is 2.28 bits per heavy atom. The lowest BCUT2D eigenvalue weighted by molar-refractivity contribution is -0.105. The Hall–Kier alpha value is -3.19. The van der Waals surface area contributed by atoms with Crippen molar-refractivity contribution in [3.63, 3.8) is 0 Å². The number of nitrogens with zero attached hydrogens (tertiary/aromatic N) is 3. The topological polar surface area (TPSA) is 74.1 Å². The SMILES string of the molecule is C=C[C@H]1[C@@H](C=Nc2cc(C3=CC(C)N=C3)c3c(c2F)CNC3=O)CCCN1CC(=C)C=O. The Bertz CT molecular complexity index is 1070. The maximum Gasteiger partial charge on any atom is 0.252 e. The van der Waals surface area contributed by atoms with E-state index in [0.717, 1.165) is 31.2 Å². The summed E-state index contributed by atoms with van der Waals surface area (Å²) in [6, 6.07) is 1.64. The molecule has 166 valence electrons. The summed E-state index contributed by atoms with van der Waals surface area (Å²) in [5, 5.41) is 2.72. The second-order valence-corrected chi connectivity index (χ2v) is 8.49. The van der Waals surface area contributed by atoms with Gasteiger partial charge in [0.1, 0.15) is 6.29 Å². The summed E-state index contributed by atoms with van der Waals surface area (Å²) in [7, 11) is 0. The van der Waals surface area contributed by atoms with E-state index < -0.39 is 5.82 Å². The van der Waals surface area contributed by atoms with Gasteiger partial charge in [0.05, 0.1) is 17.3 Å². The maximum atomic E-state index is 15.3. The van der Waals surface area contributed by atoms with Gasteiger partial charge in [-0.15, -0.1) is 6.58 Å². The Kier molecular flexibility index (Phi) is 6.28. The summed E-state index contributed by atoms with van der Waals surface area (Å²) < 4.78 is 15.3. The first-order chi connectivity index (χ1) is 15.4. The van der Waals surface area contributed by atoms with Gasteiger partial charge in [-0.25, -0.2) is 4.39 Å². The molecule has 0 aliphatic carbocycles. The van der Waals surface area contributed by atoms with E-state index in [1.165, 1.54) is 0 Å². The summed E-state index contributed by atoms with van der Waals surface area (Å²) in [5.74, 6) is -0.716. The van der Waals surface area contributed by atoms with Crippen LogP contribution in [0.4, 0.5) is 10.1 Å². The molecule has 1 aromatic carbocycles. The van der Waals surface area contributed by atoms with Gasteiger partial charge in [0.25, 0.3) is 5.91 Å². The third-order valence-corrected chi connectivity index (χ3v) is 6.24. The number of hydrogen-bond donors (Lipinski definition) is 1. The first kappa shape index (κ1) is 22.0. The largest absolute Gasteiger partial charge is 0.348 e. The number of carbonyl (C=O) groups is 2.